The van der Waals surface area contributed by atoms with E-state index in [1.165, 1.54) is 6.20 Å². The van der Waals surface area contributed by atoms with Crippen molar-refractivity contribution < 1.29 is 5.11 Å². The van der Waals surface area contributed by atoms with Crippen molar-refractivity contribution in [2.75, 3.05) is 5.73 Å². The average molecular weight is 292 g/mol. The van der Waals surface area contributed by atoms with Gasteiger partial charge in [0.1, 0.15) is 23.0 Å². The molecule has 7 heteroatoms. The third-order valence-electron chi connectivity index (χ3n) is 3.45. The van der Waals surface area contributed by atoms with Crippen LogP contribution < -0.4 is 5.73 Å². The quantitative estimate of drug-likeness (QED) is 0.524. The topological polar surface area (TPSA) is 106 Å². The minimum absolute atomic E-state index is 0.0298. The molecule has 4 aromatic rings. The summed E-state index contributed by atoms with van der Waals surface area (Å²) in [6, 6.07) is 11.1. The van der Waals surface area contributed by atoms with Crippen LogP contribution in [0.3, 0.4) is 0 Å². The molecule has 3 heterocycles. The molecule has 0 radical (unpaired) electrons. The monoisotopic (exact) mass is 292 g/mol. The molecule has 0 saturated carbocycles. The Morgan fingerprint density at radius 3 is 2.77 bits per heavy atom. The first-order valence-electron chi connectivity index (χ1n) is 6.67. The summed E-state index contributed by atoms with van der Waals surface area (Å²) in [4.78, 5) is 7.62. The third-order valence-corrected chi connectivity index (χ3v) is 3.45. The lowest BCUT2D eigenvalue weighted by Crippen LogP contribution is -2.02. The van der Waals surface area contributed by atoms with Crippen molar-refractivity contribution in [1.29, 1.82) is 0 Å². The molecule has 7 nitrogen and oxygen atoms in total. The van der Waals surface area contributed by atoms with Gasteiger partial charge in [-0.2, -0.15) is 5.10 Å². The van der Waals surface area contributed by atoms with Gasteiger partial charge in [-0.1, -0.05) is 12.1 Å². The van der Waals surface area contributed by atoms with Gasteiger partial charge < -0.3 is 15.8 Å². The summed E-state index contributed by atoms with van der Waals surface area (Å²) >= 11 is 0. The number of aromatic amines is 1. The van der Waals surface area contributed by atoms with Crippen molar-refractivity contribution in [1.82, 2.24) is 24.7 Å². The Hall–Kier alpha value is -3.35. The van der Waals surface area contributed by atoms with Gasteiger partial charge in [0.05, 0.1) is 17.2 Å². The van der Waals surface area contributed by atoms with Crippen molar-refractivity contribution in [3.63, 3.8) is 0 Å². The second-order valence-corrected chi connectivity index (χ2v) is 4.83. The van der Waals surface area contributed by atoms with Gasteiger partial charge in [0.15, 0.2) is 5.82 Å². The molecule has 0 amide bonds. The summed E-state index contributed by atoms with van der Waals surface area (Å²) in [7, 11) is 0. The van der Waals surface area contributed by atoms with Crippen LogP contribution in [-0.4, -0.2) is 29.8 Å². The predicted octanol–water partition coefficient (Wildman–Crippen LogP) is 2.10. The van der Waals surface area contributed by atoms with Gasteiger partial charge in [-0.3, -0.25) is 4.57 Å². The molecule has 1 aromatic carbocycles. The van der Waals surface area contributed by atoms with E-state index in [2.05, 4.69) is 20.2 Å². The van der Waals surface area contributed by atoms with E-state index in [1.54, 1.807) is 22.9 Å². The molecule has 0 aliphatic carbocycles. The fraction of sp³-hybridized carbons (Fsp3) is 0. The summed E-state index contributed by atoms with van der Waals surface area (Å²) in [6.45, 7) is 0. The van der Waals surface area contributed by atoms with E-state index in [9.17, 15) is 5.11 Å². The predicted molar refractivity (Wildman–Crippen MR) is 82.5 cm³/mol. The molecule has 0 bridgehead atoms. The maximum Gasteiger partial charge on any atom is 0.161 e. The second kappa shape index (κ2) is 4.59. The van der Waals surface area contributed by atoms with Gasteiger partial charge in [-0.15, -0.1) is 5.10 Å². The molecule has 0 aliphatic rings. The first kappa shape index (κ1) is 12.4. The summed E-state index contributed by atoms with van der Waals surface area (Å²) in [5, 5.41) is 18.1. The van der Waals surface area contributed by atoms with Crippen LogP contribution in [0.1, 0.15) is 0 Å². The molecule has 22 heavy (non-hydrogen) atoms. The fourth-order valence-corrected chi connectivity index (χ4v) is 2.43. The number of para-hydroxylation sites is 2. The molecule has 0 spiro atoms. The number of nitrogen functional groups attached to an aromatic ring is 1. The van der Waals surface area contributed by atoms with Crippen LogP contribution in [0.15, 0.2) is 48.8 Å². The van der Waals surface area contributed by atoms with Crippen LogP contribution in [-0.2, 0) is 0 Å². The fourth-order valence-electron chi connectivity index (χ4n) is 2.43. The highest BCUT2D eigenvalue weighted by Gasteiger charge is 2.19. The molecule has 0 saturated heterocycles. The Kier molecular flexibility index (Phi) is 2.59. The van der Waals surface area contributed by atoms with Gasteiger partial charge in [0.2, 0.25) is 0 Å². The number of rotatable bonds is 2. The number of benzene rings is 1. The molecule has 0 atom stereocenters. The SMILES string of the molecule is Nc1c(-c2nc3ccccc3[nH]2)c(O)cn1-c1cccnn1. The summed E-state index contributed by atoms with van der Waals surface area (Å²) < 4.78 is 1.57. The number of hydrogen-bond donors (Lipinski definition) is 3. The number of anilines is 1. The summed E-state index contributed by atoms with van der Waals surface area (Å²) in [5.41, 5.74) is 8.30. The molecule has 0 fully saturated rings. The first-order chi connectivity index (χ1) is 10.7. The van der Waals surface area contributed by atoms with Gasteiger partial charge in [-0.05, 0) is 24.3 Å². The van der Waals surface area contributed by atoms with Gasteiger partial charge in [0.25, 0.3) is 0 Å². The largest absolute Gasteiger partial charge is 0.505 e. The van der Waals surface area contributed by atoms with E-state index in [0.717, 1.165) is 11.0 Å². The number of nitrogens with zero attached hydrogens (tertiary/aromatic N) is 4. The van der Waals surface area contributed by atoms with E-state index in [4.69, 9.17) is 5.73 Å². The summed E-state index contributed by atoms with van der Waals surface area (Å²) in [5.74, 6) is 1.41. The van der Waals surface area contributed by atoms with E-state index >= 15 is 0 Å². The molecule has 0 unspecified atom stereocenters. The zero-order valence-corrected chi connectivity index (χ0v) is 11.4. The van der Waals surface area contributed by atoms with Crippen LogP contribution in [0, 0.1) is 0 Å². The Balaban J connectivity index is 1.91. The Labute approximate surface area is 125 Å². The number of aromatic nitrogens is 5. The lowest BCUT2D eigenvalue weighted by atomic mass is 10.3. The molecule has 108 valence electrons. The van der Waals surface area contributed by atoms with Gasteiger partial charge in [0, 0.05) is 6.20 Å². The lowest BCUT2D eigenvalue weighted by Gasteiger charge is -2.03. The first-order valence-corrected chi connectivity index (χ1v) is 6.67. The number of aromatic hydroxyl groups is 1. The van der Waals surface area contributed by atoms with Crippen LogP contribution >= 0.6 is 0 Å². The lowest BCUT2D eigenvalue weighted by molar-refractivity contribution is 0.476. The van der Waals surface area contributed by atoms with Crippen LogP contribution in [0.4, 0.5) is 5.82 Å². The summed E-state index contributed by atoms with van der Waals surface area (Å²) in [6.07, 6.45) is 3.07. The molecule has 0 aliphatic heterocycles. The average Bonchev–Trinajstić information content (AvgIpc) is 3.08. The van der Waals surface area contributed by atoms with Crippen molar-refractivity contribution >= 4 is 16.9 Å². The standard InChI is InChI=1S/C15H12N6O/c16-14-13(15-18-9-4-1-2-5-10(9)19-15)11(22)8-21(14)12-6-3-7-17-20-12/h1-8,22H,16H2,(H,18,19). The van der Waals surface area contributed by atoms with Gasteiger partial charge >= 0.3 is 0 Å². The second-order valence-electron chi connectivity index (χ2n) is 4.83. The van der Waals surface area contributed by atoms with Crippen LogP contribution in [0.5, 0.6) is 5.75 Å². The van der Waals surface area contributed by atoms with Gasteiger partial charge in [-0.25, -0.2) is 4.98 Å². The molecular formula is C15H12N6O. The maximum absolute atomic E-state index is 10.2. The molecule has 3 aromatic heterocycles. The minimum Gasteiger partial charge on any atom is -0.505 e. The molecular weight excluding hydrogens is 280 g/mol. The van der Waals surface area contributed by atoms with E-state index in [1.807, 2.05) is 24.3 Å². The highest BCUT2D eigenvalue weighted by atomic mass is 16.3. The zero-order valence-electron chi connectivity index (χ0n) is 11.4. The van der Waals surface area contributed by atoms with Crippen LogP contribution in [0.25, 0.3) is 28.2 Å². The minimum atomic E-state index is 0.0298. The highest BCUT2D eigenvalue weighted by Crippen LogP contribution is 2.36. The zero-order chi connectivity index (χ0) is 15.1. The number of nitrogens with one attached hydrogen (secondary N) is 1. The van der Waals surface area contributed by atoms with E-state index < -0.39 is 0 Å². The Morgan fingerprint density at radius 2 is 2.00 bits per heavy atom. The number of imidazole rings is 1. The normalized spacial score (nSPS) is 11.1. The number of fused-ring (bicyclic) bond motifs is 1. The van der Waals surface area contributed by atoms with Crippen molar-refractivity contribution in [2.45, 2.75) is 0 Å². The number of nitrogens with two attached hydrogens (primary N) is 1. The van der Waals surface area contributed by atoms with Crippen LogP contribution in [0.2, 0.25) is 0 Å². The van der Waals surface area contributed by atoms with E-state index in [-0.39, 0.29) is 5.75 Å². The van der Waals surface area contributed by atoms with Crippen molar-refractivity contribution in [3.05, 3.63) is 48.8 Å². The maximum atomic E-state index is 10.2. The highest BCUT2D eigenvalue weighted by molar-refractivity contribution is 5.85. The molecule has 4 N–H and O–H groups in total. The number of hydrogen-bond acceptors (Lipinski definition) is 5. The van der Waals surface area contributed by atoms with Crippen molar-refractivity contribution in [3.8, 4) is 23.0 Å². The van der Waals surface area contributed by atoms with E-state index in [0.29, 0.717) is 23.0 Å². The third kappa shape index (κ3) is 1.80. The number of H-pyrrole nitrogens is 1. The Bertz CT molecular complexity index is 924. The van der Waals surface area contributed by atoms with Crippen molar-refractivity contribution in [2.24, 2.45) is 0 Å². The Morgan fingerprint density at radius 1 is 1.14 bits per heavy atom. The smallest absolute Gasteiger partial charge is 0.161 e. The molecule has 4 rings (SSSR count).